The first-order chi connectivity index (χ1) is 7.67. The summed E-state index contributed by atoms with van der Waals surface area (Å²) in [6.45, 7) is 0. The van der Waals surface area contributed by atoms with Crippen LogP contribution in [-0.4, -0.2) is 10.1 Å². The van der Waals surface area contributed by atoms with Crippen molar-refractivity contribution in [2.45, 2.75) is 18.4 Å². The molecule has 16 heavy (non-hydrogen) atoms. The third-order valence-corrected chi connectivity index (χ3v) is 2.88. The quantitative estimate of drug-likeness (QED) is 0.805. The number of aromatic hydroxyl groups is 1. The molecule has 0 aliphatic heterocycles. The summed E-state index contributed by atoms with van der Waals surface area (Å²) in [5.74, 6) is 0.848. The number of nitrogens with two attached hydrogens (primary N) is 1. The second-order valence-electron chi connectivity index (χ2n) is 4.24. The number of benzene rings is 1. The molecule has 0 unspecified atom stereocenters. The van der Waals surface area contributed by atoms with Crippen molar-refractivity contribution < 1.29 is 9.52 Å². The summed E-state index contributed by atoms with van der Waals surface area (Å²) in [7, 11) is 0. The largest absolute Gasteiger partial charge is 0.508 e. The van der Waals surface area contributed by atoms with Gasteiger partial charge in [-0.2, -0.15) is 0 Å². The van der Waals surface area contributed by atoms with Gasteiger partial charge in [0.05, 0.1) is 5.54 Å². The Morgan fingerprint density at radius 3 is 2.56 bits per heavy atom. The normalized spacial score (nSPS) is 17.3. The van der Waals surface area contributed by atoms with E-state index in [0.717, 1.165) is 24.1 Å². The highest BCUT2D eigenvalue weighted by atomic mass is 16.3. The van der Waals surface area contributed by atoms with Crippen molar-refractivity contribution in [1.29, 1.82) is 0 Å². The van der Waals surface area contributed by atoms with Crippen LogP contribution in [0.3, 0.4) is 0 Å². The molecule has 0 atom stereocenters. The summed E-state index contributed by atoms with van der Waals surface area (Å²) < 4.78 is 5.38. The monoisotopic (exact) mass is 216 g/mol. The molecule has 1 heterocycles. The smallest absolute Gasteiger partial charge is 0.214 e. The molecule has 4 nitrogen and oxygen atoms in total. The van der Waals surface area contributed by atoms with Crippen molar-refractivity contribution >= 4 is 0 Å². The van der Waals surface area contributed by atoms with Crippen LogP contribution in [0.1, 0.15) is 18.7 Å². The van der Waals surface area contributed by atoms with Gasteiger partial charge in [0.2, 0.25) is 5.89 Å². The second-order valence-corrected chi connectivity index (χ2v) is 4.24. The van der Waals surface area contributed by atoms with Gasteiger partial charge in [0.1, 0.15) is 17.7 Å². The van der Waals surface area contributed by atoms with Crippen molar-refractivity contribution in [3.63, 3.8) is 0 Å². The van der Waals surface area contributed by atoms with E-state index in [-0.39, 0.29) is 11.3 Å². The average molecular weight is 216 g/mol. The minimum Gasteiger partial charge on any atom is -0.508 e. The molecule has 1 fully saturated rings. The number of aromatic nitrogens is 1. The van der Waals surface area contributed by atoms with Crippen LogP contribution < -0.4 is 5.73 Å². The third-order valence-electron chi connectivity index (χ3n) is 2.88. The molecule has 1 saturated carbocycles. The number of phenolic OH excluding ortho intramolecular Hbond substituents is 1. The molecule has 0 radical (unpaired) electrons. The topological polar surface area (TPSA) is 72.3 Å². The van der Waals surface area contributed by atoms with Crippen LogP contribution in [0.5, 0.6) is 5.75 Å². The predicted molar refractivity (Wildman–Crippen MR) is 58.7 cm³/mol. The molecule has 1 aromatic heterocycles. The molecule has 1 aliphatic rings. The Balaban J connectivity index is 1.95. The van der Waals surface area contributed by atoms with Crippen molar-refractivity contribution in [3.8, 4) is 17.0 Å². The Morgan fingerprint density at radius 2 is 1.94 bits per heavy atom. The summed E-state index contributed by atoms with van der Waals surface area (Å²) in [4.78, 5) is 4.37. The number of hydrogen-bond acceptors (Lipinski definition) is 4. The fraction of sp³-hybridized carbons (Fsp3) is 0.250. The zero-order valence-corrected chi connectivity index (χ0v) is 8.68. The van der Waals surface area contributed by atoms with E-state index in [0.29, 0.717) is 5.89 Å². The van der Waals surface area contributed by atoms with Gasteiger partial charge in [0.15, 0.2) is 0 Å². The van der Waals surface area contributed by atoms with Crippen LogP contribution in [0.4, 0.5) is 0 Å². The van der Waals surface area contributed by atoms with Crippen LogP contribution in [-0.2, 0) is 5.54 Å². The molecule has 0 amide bonds. The Kier molecular flexibility index (Phi) is 1.82. The van der Waals surface area contributed by atoms with Gasteiger partial charge in [0.25, 0.3) is 0 Å². The Bertz CT molecular complexity index is 512. The lowest BCUT2D eigenvalue weighted by atomic mass is 10.2. The molecular weight excluding hydrogens is 204 g/mol. The van der Waals surface area contributed by atoms with Gasteiger partial charge >= 0.3 is 0 Å². The Hall–Kier alpha value is -1.81. The molecule has 4 heteroatoms. The van der Waals surface area contributed by atoms with Crippen molar-refractivity contribution in [3.05, 3.63) is 36.4 Å². The minimum absolute atomic E-state index is 0.241. The van der Waals surface area contributed by atoms with E-state index in [1.54, 1.807) is 30.5 Å². The molecular formula is C12H12N2O2. The lowest BCUT2D eigenvalue weighted by Gasteiger charge is -2.00. The van der Waals surface area contributed by atoms with Gasteiger partial charge in [0, 0.05) is 5.56 Å². The second kappa shape index (κ2) is 3.09. The fourth-order valence-corrected chi connectivity index (χ4v) is 1.62. The number of rotatable bonds is 2. The van der Waals surface area contributed by atoms with Crippen LogP contribution in [0.25, 0.3) is 11.3 Å². The van der Waals surface area contributed by atoms with Gasteiger partial charge in [-0.1, -0.05) is 0 Å². The molecule has 2 aromatic rings. The third kappa shape index (κ3) is 1.47. The van der Waals surface area contributed by atoms with E-state index in [1.165, 1.54) is 0 Å². The summed E-state index contributed by atoms with van der Waals surface area (Å²) in [6.07, 6.45) is 3.47. The molecule has 82 valence electrons. The lowest BCUT2D eigenvalue weighted by Crippen LogP contribution is -2.18. The summed E-state index contributed by atoms with van der Waals surface area (Å²) in [6, 6.07) is 6.85. The van der Waals surface area contributed by atoms with Gasteiger partial charge in [-0.15, -0.1) is 0 Å². The zero-order chi connectivity index (χ0) is 11.2. The number of phenols is 1. The molecule has 0 spiro atoms. The number of oxazole rings is 1. The molecule has 0 bridgehead atoms. The maximum absolute atomic E-state index is 9.18. The first-order valence-electron chi connectivity index (χ1n) is 5.22. The van der Waals surface area contributed by atoms with Crippen LogP contribution in [0, 0.1) is 0 Å². The standard InChI is InChI=1S/C12H12N2O2/c13-12(5-6-12)11-14-10(7-16-11)8-1-3-9(15)4-2-8/h1-4,7,15H,5-6,13H2. The highest BCUT2D eigenvalue weighted by molar-refractivity contribution is 5.59. The Labute approximate surface area is 92.7 Å². The lowest BCUT2D eigenvalue weighted by molar-refractivity contribution is 0.440. The van der Waals surface area contributed by atoms with Crippen molar-refractivity contribution in [2.75, 3.05) is 0 Å². The first-order valence-corrected chi connectivity index (χ1v) is 5.22. The SMILES string of the molecule is NC1(c2nc(-c3ccc(O)cc3)co2)CC1. The van der Waals surface area contributed by atoms with Crippen LogP contribution in [0.2, 0.25) is 0 Å². The van der Waals surface area contributed by atoms with Gasteiger partial charge in [-0.3, -0.25) is 0 Å². The molecule has 3 rings (SSSR count). The first kappa shape index (κ1) is 9.42. The molecule has 0 saturated heterocycles. The fourth-order valence-electron chi connectivity index (χ4n) is 1.62. The van der Waals surface area contributed by atoms with Crippen molar-refractivity contribution in [1.82, 2.24) is 4.98 Å². The highest BCUT2D eigenvalue weighted by Gasteiger charge is 2.44. The predicted octanol–water partition coefficient (Wildman–Crippen LogP) is 2.00. The van der Waals surface area contributed by atoms with Gasteiger partial charge in [-0.05, 0) is 37.1 Å². The van der Waals surface area contributed by atoms with Gasteiger partial charge < -0.3 is 15.3 Å². The highest BCUT2D eigenvalue weighted by Crippen LogP contribution is 2.42. The molecule has 3 N–H and O–H groups in total. The zero-order valence-electron chi connectivity index (χ0n) is 8.68. The van der Waals surface area contributed by atoms with Crippen LogP contribution in [0.15, 0.2) is 34.9 Å². The number of nitrogens with zero attached hydrogens (tertiary/aromatic N) is 1. The maximum Gasteiger partial charge on any atom is 0.214 e. The Morgan fingerprint density at radius 1 is 1.25 bits per heavy atom. The summed E-state index contributed by atoms with van der Waals surface area (Å²) in [5.41, 5.74) is 7.32. The molecule has 1 aromatic carbocycles. The average Bonchev–Trinajstić information content (AvgIpc) is 2.84. The maximum atomic E-state index is 9.18. The van der Waals surface area contributed by atoms with E-state index in [1.807, 2.05) is 0 Å². The molecule has 1 aliphatic carbocycles. The van der Waals surface area contributed by atoms with Gasteiger partial charge in [-0.25, -0.2) is 4.98 Å². The van der Waals surface area contributed by atoms with Crippen LogP contribution >= 0.6 is 0 Å². The van der Waals surface area contributed by atoms with E-state index in [4.69, 9.17) is 10.2 Å². The van der Waals surface area contributed by atoms with E-state index < -0.39 is 0 Å². The van der Waals surface area contributed by atoms with E-state index in [2.05, 4.69) is 4.98 Å². The van der Waals surface area contributed by atoms with E-state index >= 15 is 0 Å². The summed E-state index contributed by atoms with van der Waals surface area (Å²) in [5, 5.41) is 9.18. The van der Waals surface area contributed by atoms with Crippen molar-refractivity contribution in [2.24, 2.45) is 5.73 Å². The minimum atomic E-state index is -0.338. The summed E-state index contributed by atoms with van der Waals surface area (Å²) >= 11 is 0. The van der Waals surface area contributed by atoms with E-state index in [9.17, 15) is 5.11 Å². The number of hydrogen-bond donors (Lipinski definition) is 2.